The van der Waals surface area contributed by atoms with Crippen molar-refractivity contribution in [3.63, 3.8) is 0 Å². The van der Waals surface area contributed by atoms with Gasteiger partial charge in [0.05, 0.1) is 51.9 Å². The number of nitrogens with zero attached hydrogens (tertiary/aromatic N) is 19. The molecule has 0 fully saturated rings. The van der Waals surface area contributed by atoms with E-state index in [1.165, 1.54) is 0 Å². The van der Waals surface area contributed by atoms with Crippen molar-refractivity contribution in [3.05, 3.63) is 499 Å². The van der Waals surface area contributed by atoms with Gasteiger partial charge in [-0.05, 0) is 203 Å². The molecule has 0 atom stereocenters. The largest absolute Gasteiger partial charge is 2.00 e. The number of rotatable bonds is 12. The van der Waals surface area contributed by atoms with E-state index in [2.05, 4.69) is 333 Å². The van der Waals surface area contributed by atoms with Gasteiger partial charge in [-0.3, -0.25) is 19.9 Å². The van der Waals surface area contributed by atoms with Crippen molar-refractivity contribution in [1.29, 1.82) is 0 Å². The maximum absolute atomic E-state index is 4.83. The van der Waals surface area contributed by atoms with Crippen molar-refractivity contribution in [2.45, 2.75) is 12.8 Å². The van der Waals surface area contributed by atoms with Crippen LogP contribution in [0.4, 0.5) is 79.6 Å². The third kappa shape index (κ3) is 19.3. The maximum Gasteiger partial charge on any atom is 2.00 e. The van der Waals surface area contributed by atoms with Crippen LogP contribution in [0.3, 0.4) is 0 Å². The fourth-order valence-corrected chi connectivity index (χ4v) is 19.6. The monoisotopic (exact) mass is 2650 g/mol. The number of aromatic nitrogens is 8. The van der Waals surface area contributed by atoms with E-state index in [4.69, 9.17) is 19.9 Å². The quantitative estimate of drug-likeness (QED) is 0.106. The molecule has 23 heteroatoms. The molecule has 0 N–H and O–H groups in total. The van der Waals surface area contributed by atoms with Gasteiger partial charge in [0, 0.05) is 126 Å². The molecule has 0 unspecified atom stereocenters. The Kier molecular flexibility index (Phi) is 29.2. The first kappa shape index (κ1) is 99.2. The molecule has 8 aromatic heterocycles. The Hall–Kier alpha value is -16.8. The van der Waals surface area contributed by atoms with Gasteiger partial charge in [-0.2, -0.15) is 18.8 Å². The molecule has 0 saturated carbocycles. The van der Waals surface area contributed by atoms with Crippen LogP contribution in [0.25, 0.3) is 135 Å². The van der Waals surface area contributed by atoms with Crippen LogP contribution in [-0.4, -0.2) is 81.6 Å². The second kappa shape index (κ2) is 44.1. The van der Waals surface area contributed by atoms with Gasteiger partial charge in [0.15, 0.2) is 0 Å². The first-order chi connectivity index (χ1) is 72.2. The molecule has 8 aliphatic heterocycles. The zero-order chi connectivity index (χ0) is 97.3. The molecule has 0 spiro atoms. The molecule has 8 aliphatic rings. The fraction of sp³-hybridized carbons (Fsp3) is 0.0315. The standard InChI is InChI=1S/C32H22N5.2C32H20N4.C31H21N6.4Pt/c1-35-18-19-36(22-35)24-14-15-26-27-11-7-17-34-32(27)28-10-2-3-13-30(28)37(31(26)21-24)25-9-6-8-23(20-25)29-12-4-5-16-33-29;2*1-2-14-30-27(10-1)32-26(11-6-19-35-32)25-16-15-23(29-13-7-18-34-29)21-31(25)36(30)24-9-5-8-22(20-24)28-12-3-4-17-33-28;1-35-21-36(20-34-35)23-14-15-25-26-11-7-17-33-31(26)27-10-2-3-13-29(27)37(30(25)19-23)24-9-6-8-22(18-24)28-12-4-5-16-32-28;;;;/h2-19,22H,1H3;2*1-12,14-19H,13H2;2-17,20-21H,1H3;;;;/q-3;2*-2;-3;;;2*+2. The molecule has 732 valence electrons. The molecule has 0 radical (unpaired) electrons. The number of aliphatic imine (C=N–C) groups is 2. The Morgan fingerprint density at radius 2 is 0.540 bits per heavy atom. The zero-order valence-corrected chi connectivity index (χ0v) is 89.4. The molecule has 28 rings (SSSR count). The molecule has 12 aromatic carbocycles. The van der Waals surface area contributed by atoms with Gasteiger partial charge >= 0.3 is 42.1 Å². The number of anilines is 14. The summed E-state index contributed by atoms with van der Waals surface area (Å²) in [5.74, 6) is 0. The third-order valence-electron chi connectivity index (χ3n) is 26.3. The SMILES string of the molecule is CN1C=CN(c2[c-]c3c(cc2)-c2cccnc2-c2ccccc2N3c2[c-]c(-c3ccccn3)ccc2)[CH-]1.CN1[CH-]N(c2[c-]c3c(cc2)-c2cccnc2-c2ccccc2N3c2[c-]c(-c3ccccn3)ccc2)C=N1.[Pt+2].[Pt+2].[Pt].[Pt].[c-]1c(-c2ccccn2)cccc1N1c2[c-]c(C3=NC=CC3)ccc2-c2cccnc2-c2ccccc21.[c-]1c(-c2ccccn2)cccc1N1c2[c-]c(C3=NC=CC3)ccc2-c2cccnc2-c2ccccc21. The van der Waals surface area contributed by atoms with Crippen molar-refractivity contribution >= 4 is 97.4 Å². The van der Waals surface area contributed by atoms with Crippen molar-refractivity contribution in [3.8, 4) is 135 Å². The summed E-state index contributed by atoms with van der Waals surface area (Å²) in [6, 6.07) is 145. The van der Waals surface area contributed by atoms with Gasteiger partial charge in [-0.25, -0.2) is 5.10 Å². The number of fused-ring (bicyclic) bond motifs is 20. The van der Waals surface area contributed by atoms with Gasteiger partial charge < -0.3 is 69.2 Å². The van der Waals surface area contributed by atoms with Crippen LogP contribution in [0.2, 0.25) is 0 Å². The molecule has 150 heavy (non-hydrogen) atoms. The minimum absolute atomic E-state index is 0. The van der Waals surface area contributed by atoms with Crippen LogP contribution in [0, 0.1) is 61.9 Å². The van der Waals surface area contributed by atoms with Gasteiger partial charge in [0.2, 0.25) is 0 Å². The second-order valence-corrected chi connectivity index (χ2v) is 35.3. The van der Waals surface area contributed by atoms with Gasteiger partial charge in [-0.1, -0.05) is 180 Å². The molecule has 0 amide bonds. The maximum atomic E-state index is 4.83. The summed E-state index contributed by atoms with van der Waals surface area (Å²) in [6.45, 7) is 3.97. The van der Waals surface area contributed by atoms with E-state index >= 15 is 0 Å². The molecule has 0 bridgehead atoms. The Bertz CT molecular complexity index is 8150. The van der Waals surface area contributed by atoms with E-state index in [1.807, 2.05) is 233 Å². The third-order valence-corrected chi connectivity index (χ3v) is 26.3. The predicted molar refractivity (Wildman–Crippen MR) is 584 cm³/mol. The second-order valence-electron chi connectivity index (χ2n) is 35.3. The predicted octanol–water partition coefficient (Wildman–Crippen LogP) is 29.0. The molecule has 19 nitrogen and oxygen atoms in total. The minimum atomic E-state index is 0. The first-order valence-electron chi connectivity index (χ1n) is 48.0. The Labute approximate surface area is 928 Å². The number of hydrazone groups is 1. The van der Waals surface area contributed by atoms with Crippen molar-refractivity contribution in [1.82, 2.24) is 49.8 Å². The van der Waals surface area contributed by atoms with Crippen molar-refractivity contribution in [2.75, 3.05) is 43.5 Å². The zero-order valence-electron chi connectivity index (χ0n) is 80.3. The molecule has 0 aliphatic carbocycles. The van der Waals surface area contributed by atoms with Crippen LogP contribution < -0.4 is 29.4 Å². The summed E-state index contributed by atoms with van der Waals surface area (Å²) in [5.41, 5.74) is 41.3. The van der Waals surface area contributed by atoms with Gasteiger partial charge in [0.1, 0.15) is 0 Å². The molecule has 20 aromatic rings. The van der Waals surface area contributed by atoms with E-state index in [0.717, 1.165) is 250 Å². The number of pyridine rings is 8. The van der Waals surface area contributed by atoms with E-state index in [0.29, 0.717) is 0 Å². The van der Waals surface area contributed by atoms with Crippen LogP contribution in [0.1, 0.15) is 24.0 Å². The Morgan fingerprint density at radius 3 is 0.833 bits per heavy atom. The van der Waals surface area contributed by atoms with Crippen LogP contribution in [0.5, 0.6) is 0 Å². The number of allylic oxidation sites excluding steroid dienone is 2. The summed E-state index contributed by atoms with van der Waals surface area (Å²) in [6.07, 6.45) is 30.0. The smallest absolute Gasteiger partial charge is 0.510 e. The van der Waals surface area contributed by atoms with E-state index in [-0.39, 0.29) is 84.3 Å². The number of hydrogen-bond acceptors (Lipinski definition) is 19. The normalized spacial score (nSPS) is 13.2. The summed E-state index contributed by atoms with van der Waals surface area (Å²) in [4.78, 5) is 61.7. The molecular weight excluding hydrogens is 2570 g/mol. The first-order valence-corrected chi connectivity index (χ1v) is 48.0. The van der Waals surface area contributed by atoms with Crippen molar-refractivity contribution < 1.29 is 84.3 Å². The Balaban J connectivity index is 0.000000116. The van der Waals surface area contributed by atoms with Crippen LogP contribution in [0.15, 0.2) is 441 Å². The van der Waals surface area contributed by atoms with Crippen LogP contribution >= 0.6 is 0 Å². The number of hydrogen-bond donors (Lipinski definition) is 0. The number of para-hydroxylation sites is 4. The molecule has 0 saturated heterocycles. The van der Waals surface area contributed by atoms with Crippen molar-refractivity contribution in [2.24, 2.45) is 15.1 Å². The van der Waals surface area contributed by atoms with E-state index < -0.39 is 0 Å². The fourth-order valence-electron chi connectivity index (χ4n) is 19.6. The van der Waals surface area contributed by atoms with Crippen LogP contribution in [-0.2, 0) is 84.3 Å². The summed E-state index contributed by atoms with van der Waals surface area (Å²) in [5, 5.41) is 6.11. The molecule has 16 heterocycles. The summed E-state index contributed by atoms with van der Waals surface area (Å²) < 4.78 is 0. The topological polar surface area (TPSA) is 166 Å². The van der Waals surface area contributed by atoms with E-state index in [9.17, 15) is 0 Å². The number of benzene rings is 12. The van der Waals surface area contributed by atoms with Gasteiger partial charge in [0.25, 0.3) is 0 Å². The average Bonchev–Trinajstić information content (AvgIpc) is 1.61. The average molecular weight is 2660 g/mol. The van der Waals surface area contributed by atoms with Gasteiger partial charge in [-0.15, -0.1) is 220 Å². The minimum Gasteiger partial charge on any atom is -0.510 e. The summed E-state index contributed by atoms with van der Waals surface area (Å²) in [7, 11) is 3.92. The molecular formula is C127H83N19Pt4-6. The van der Waals surface area contributed by atoms with E-state index in [1.54, 1.807) is 17.5 Å². The summed E-state index contributed by atoms with van der Waals surface area (Å²) >= 11 is 0. The Morgan fingerprint density at radius 1 is 0.240 bits per heavy atom.